The van der Waals surface area contributed by atoms with E-state index in [2.05, 4.69) is 32.6 Å². The first-order valence-electron chi connectivity index (χ1n) is 4.75. The lowest BCUT2D eigenvalue weighted by Crippen LogP contribution is -2.43. The molecule has 78 valence electrons. The van der Waals surface area contributed by atoms with Crippen molar-refractivity contribution in [1.82, 2.24) is 4.90 Å². The second-order valence-electron chi connectivity index (χ2n) is 4.02. The number of rotatable bonds is 5. The van der Waals surface area contributed by atoms with E-state index in [1.165, 1.54) is 0 Å². The van der Waals surface area contributed by atoms with Gasteiger partial charge in [-0.1, -0.05) is 0 Å². The summed E-state index contributed by atoms with van der Waals surface area (Å²) in [5, 5.41) is 10.5. The van der Waals surface area contributed by atoms with E-state index in [1.54, 1.807) is 6.92 Å². The predicted molar refractivity (Wildman–Crippen MR) is 53.4 cm³/mol. The summed E-state index contributed by atoms with van der Waals surface area (Å²) in [5.41, 5.74) is 0. The molecule has 1 atom stereocenters. The smallest absolute Gasteiger partial charge is 0.222 e. The van der Waals surface area contributed by atoms with Gasteiger partial charge in [0, 0.05) is 23.9 Å². The maximum atomic E-state index is 10.5. The van der Waals surface area contributed by atoms with Gasteiger partial charge in [-0.15, -0.1) is 0 Å². The molecule has 0 saturated heterocycles. The molecule has 0 rings (SSSR count). The van der Waals surface area contributed by atoms with Crippen LogP contribution in [0.4, 0.5) is 0 Å². The summed E-state index contributed by atoms with van der Waals surface area (Å²) < 4.78 is 0. The third-order valence-corrected chi connectivity index (χ3v) is 2.16. The molecule has 13 heavy (non-hydrogen) atoms. The van der Waals surface area contributed by atoms with Gasteiger partial charge in [-0.2, -0.15) is 0 Å². The average Bonchev–Trinajstić information content (AvgIpc) is 1.97. The van der Waals surface area contributed by atoms with Crippen LogP contribution < -0.4 is 0 Å². The van der Waals surface area contributed by atoms with Crippen molar-refractivity contribution >= 4 is 0 Å². The van der Waals surface area contributed by atoms with Gasteiger partial charge in [0.25, 0.3) is 0 Å². The quantitative estimate of drug-likeness (QED) is 0.488. The molecule has 0 aliphatic carbocycles. The lowest BCUT2D eigenvalue weighted by molar-refractivity contribution is -0.519. The summed E-state index contributed by atoms with van der Waals surface area (Å²) in [6, 6.07) is 0.245. The van der Waals surface area contributed by atoms with Crippen molar-refractivity contribution in [3.8, 4) is 0 Å². The van der Waals surface area contributed by atoms with E-state index >= 15 is 0 Å². The molecule has 0 fully saturated rings. The Kier molecular flexibility index (Phi) is 4.91. The molecular weight excluding hydrogens is 168 g/mol. The Morgan fingerprint density at radius 1 is 1.15 bits per heavy atom. The molecule has 0 aliphatic rings. The van der Waals surface area contributed by atoms with E-state index in [1.807, 2.05) is 0 Å². The molecule has 4 heteroatoms. The topological polar surface area (TPSA) is 46.4 Å². The minimum absolute atomic E-state index is 0.224. The first-order valence-corrected chi connectivity index (χ1v) is 4.75. The van der Waals surface area contributed by atoms with Gasteiger partial charge >= 0.3 is 0 Å². The summed E-state index contributed by atoms with van der Waals surface area (Å²) in [4.78, 5) is 12.4. The number of hydrogen-bond donors (Lipinski definition) is 0. The molecule has 0 amide bonds. The fourth-order valence-electron chi connectivity index (χ4n) is 1.39. The zero-order valence-corrected chi connectivity index (χ0v) is 9.15. The van der Waals surface area contributed by atoms with Gasteiger partial charge < -0.3 is 0 Å². The molecule has 1 unspecified atom stereocenters. The van der Waals surface area contributed by atoms with Crippen LogP contribution in [-0.2, 0) is 0 Å². The Bertz CT molecular complexity index is 161. The molecular formula is C9H20N2O2. The molecule has 0 radical (unpaired) electrons. The molecule has 0 spiro atoms. The Morgan fingerprint density at radius 2 is 1.54 bits per heavy atom. The predicted octanol–water partition coefficient (Wildman–Crippen LogP) is 1.77. The third-order valence-electron chi connectivity index (χ3n) is 2.16. The van der Waals surface area contributed by atoms with Crippen LogP contribution in [0.25, 0.3) is 0 Å². The summed E-state index contributed by atoms with van der Waals surface area (Å²) in [6.07, 6.45) is 0. The Balaban J connectivity index is 4.18. The Labute approximate surface area is 80.1 Å². The van der Waals surface area contributed by atoms with Crippen LogP contribution in [0.3, 0.4) is 0 Å². The van der Waals surface area contributed by atoms with Crippen molar-refractivity contribution < 1.29 is 4.92 Å². The zero-order valence-electron chi connectivity index (χ0n) is 9.15. The SMILES string of the molecule is CC(C)N(CC(C)[N+](=O)[O-])C(C)C. The maximum Gasteiger partial charge on any atom is 0.222 e. The summed E-state index contributed by atoms with van der Waals surface area (Å²) in [6.45, 7) is 10.4. The first-order chi connectivity index (χ1) is 5.86. The fourth-order valence-corrected chi connectivity index (χ4v) is 1.39. The first kappa shape index (κ1) is 12.4. The number of nitro groups is 1. The number of nitrogens with zero attached hydrogens (tertiary/aromatic N) is 2. The van der Waals surface area contributed by atoms with Crippen LogP contribution >= 0.6 is 0 Å². The highest BCUT2D eigenvalue weighted by atomic mass is 16.6. The van der Waals surface area contributed by atoms with E-state index in [0.29, 0.717) is 18.6 Å². The molecule has 0 aromatic carbocycles. The van der Waals surface area contributed by atoms with Crippen molar-refractivity contribution in [1.29, 1.82) is 0 Å². The average molecular weight is 188 g/mol. The summed E-state index contributed by atoms with van der Waals surface area (Å²) >= 11 is 0. The van der Waals surface area contributed by atoms with Crippen LogP contribution in [0.5, 0.6) is 0 Å². The van der Waals surface area contributed by atoms with Gasteiger partial charge in [0.2, 0.25) is 6.04 Å². The van der Waals surface area contributed by atoms with Crippen molar-refractivity contribution in [2.75, 3.05) is 6.54 Å². The second-order valence-corrected chi connectivity index (χ2v) is 4.02. The fraction of sp³-hybridized carbons (Fsp3) is 1.00. The van der Waals surface area contributed by atoms with Gasteiger partial charge in [0.05, 0.1) is 6.54 Å². The maximum absolute atomic E-state index is 10.5. The highest BCUT2D eigenvalue weighted by molar-refractivity contribution is 4.69. The van der Waals surface area contributed by atoms with Crippen molar-refractivity contribution in [3.05, 3.63) is 10.1 Å². The van der Waals surface area contributed by atoms with Crippen LogP contribution in [0.1, 0.15) is 34.6 Å². The van der Waals surface area contributed by atoms with Gasteiger partial charge in [0.15, 0.2) is 0 Å². The lowest BCUT2D eigenvalue weighted by Gasteiger charge is -2.30. The summed E-state index contributed by atoms with van der Waals surface area (Å²) in [7, 11) is 0. The van der Waals surface area contributed by atoms with Crippen molar-refractivity contribution in [2.24, 2.45) is 0 Å². The molecule has 0 heterocycles. The normalized spacial score (nSPS) is 14.2. The second kappa shape index (κ2) is 5.17. The third kappa shape index (κ3) is 4.22. The molecule has 0 saturated carbocycles. The zero-order chi connectivity index (χ0) is 10.6. The standard InChI is InChI=1S/C9H20N2O2/c1-7(2)10(8(3)4)6-9(5)11(12)13/h7-9H,6H2,1-5H3. The highest BCUT2D eigenvalue weighted by Crippen LogP contribution is 2.06. The Morgan fingerprint density at radius 3 is 1.77 bits per heavy atom. The van der Waals surface area contributed by atoms with Crippen molar-refractivity contribution in [2.45, 2.75) is 52.7 Å². The summed E-state index contributed by atoms with van der Waals surface area (Å²) in [5.74, 6) is 0. The van der Waals surface area contributed by atoms with Gasteiger partial charge in [-0.25, -0.2) is 0 Å². The van der Waals surface area contributed by atoms with Crippen LogP contribution in [-0.4, -0.2) is 34.5 Å². The molecule has 0 aromatic rings. The van der Waals surface area contributed by atoms with E-state index in [-0.39, 0.29) is 4.92 Å². The molecule has 0 N–H and O–H groups in total. The minimum Gasteiger partial charge on any atom is -0.292 e. The van der Waals surface area contributed by atoms with E-state index < -0.39 is 6.04 Å². The van der Waals surface area contributed by atoms with Crippen LogP contribution in [0, 0.1) is 10.1 Å². The van der Waals surface area contributed by atoms with E-state index in [4.69, 9.17) is 0 Å². The van der Waals surface area contributed by atoms with Gasteiger partial charge in [0.1, 0.15) is 0 Å². The van der Waals surface area contributed by atoms with E-state index in [0.717, 1.165) is 0 Å². The number of hydrogen-bond acceptors (Lipinski definition) is 3. The van der Waals surface area contributed by atoms with Gasteiger partial charge in [-0.05, 0) is 27.7 Å². The largest absolute Gasteiger partial charge is 0.292 e. The molecule has 0 bridgehead atoms. The Hall–Kier alpha value is -0.640. The van der Waals surface area contributed by atoms with Crippen molar-refractivity contribution in [3.63, 3.8) is 0 Å². The van der Waals surface area contributed by atoms with E-state index in [9.17, 15) is 10.1 Å². The van der Waals surface area contributed by atoms with Crippen LogP contribution in [0.2, 0.25) is 0 Å². The van der Waals surface area contributed by atoms with Gasteiger partial charge in [-0.3, -0.25) is 15.0 Å². The highest BCUT2D eigenvalue weighted by Gasteiger charge is 2.21. The monoisotopic (exact) mass is 188 g/mol. The minimum atomic E-state index is -0.482. The van der Waals surface area contributed by atoms with Crippen LogP contribution in [0.15, 0.2) is 0 Å². The lowest BCUT2D eigenvalue weighted by atomic mass is 10.2. The molecule has 4 nitrogen and oxygen atoms in total. The molecule has 0 aromatic heterocycles. The molecule has 0 aliphatic heterocycles.